The normalized spacial score (nSPS) is 15.2. The van der Waals surface area contributed by atoms with E-state index in [0.717, 1.165) is 24.0 Å². The number of aliphatic imine (C=N–C) groups is 1. The summed E-state index contributed by atoms with van der Waals surface area (Å²) in [7, 11) is 3.09. The predicted octanol–water partition coefficient (Wildman–Crippen LogP) is 2.99. The molecule has 2 amide bonds. The third-order valence-corrected chi connectivity index (χ3v) is 6.24. The molecule has 0 bridgehead atoms. The van der Waals surface area contributed by atoms with E-state index in [1.165, 1.54) is 19.3 Å². The minimum absolute atomic E-state index is 0.0772. The Bertz CT molecular complexity index is 1000. The van der Waals surface area contributed by atoms with E-state index in [2.05, 4.69) is 15.6 Å². The number of rotatable bonds is 10. The van der Waals surface area contributed by atoms with Crippen molar-refractivity contribution >= 4 is 17.8 Å². The number of carbonyl (C=O) groups is 2. The van der Waals surface area contributed by atoms with Crippen LogP contribution in [0.5, 0.6) is 11.5 Å². The van der Waals surface area contributed by atoms with Gasteiger partial charge in [0.25, 0.3) is 0 Å². The Balaban J connectivity index is 1.64. The number of ether oxygens (including phenoxy) is 2. The third-order valence-electron chi connectivity index (χ3n) is 6.24. The van der Waals surface area contributed by atoms with Gasteiger partial charge in [-0.3, -0.25) is 14.9 Å². The van der Waals surface area contributed by atoms with Crippen LogP contribution in [-0.4, -0.2) is 44.6 Å². The fourth-order valence-electron chi connectivity index (χ4n) is 4.35. The minimum atomic E-state index is -0.734. The second kappa shape index (κ2) is 13.4. The van der Waals surface area contributed by atoms with Gasteiger partial charge in [-0.25, -0.2) is 4.99 Å². The van der Waals surface area contributed by atoms with Gasteiger partial charge in [0.05, 0.1) is 20.6 Å². The zero-order valence-electron chi connectivity index (χ0n) is 20.6. The van der Waals surface area contributed by atoms with Crippen molar-refractivity contribution in [2.24, 2.45) is 16.6 Å². The van der Waals surface area contributed by atoms with Crippen LogP contribution in [0.4, 0.5) is 0 Å². The van der Waals surface area contributed by atoms with Gasteiger partial charge in [-0.1, -0.05) is 55.7 Å². The van der Waals surface area contributed by atoms with Gasteiger partial charge in [0, 0.05) is 13.0 Å². The molecule has 1 aliphatic rings. The second-order valence-corrected chi connectivity index (χ2v) is 8.88. The topological polar surface area (TPSA) is 115 Å². The molecule has 1 unspecified atom stereocenters. The number of nitrogens with zero attached hydrogens (tertiary/aromatic N) is 1. The van der Waals surface area contributed by atoms with Crippen molar-refractivity contribution in [1.29, 1.82) is 0 Å². The average Bonchev–Trinajstić information content (AvgIpc) is 2.87. The first kappa shape index (κ1) is 26.1. The highest BCUT2D eigenvalue weighted by atomic mass is 16.5. The lowest BCUT2D eigenvalue weighted by molar-refractivity contribution is -0.122. The Morgan fingerprint density at radius 2 is 1.71 bits per heavy atom. The van der Waals surface area contributed by atoms with Crippen molar-refractivity contribution in [3.63, 3.8) is 0 Å². The number of hydrogen-bond acceptors (Lipinski definition) is 5. The van der Waals surface area contributed by atoms with Crippen molar-refractivity contribution in [3.8, 4) is 11.5 Å². The Morgan fingerprint density at radius 3 is 2.40 bits per heavy atom. The molecule has 3 rings (SSSR count). The highest BCUT2D eigenvalue weighted by Crippen LogP contribution is 2.27. The van der Waals surface area contributed by atoms with E-state index in [-0.39, 0.29) is 24.2 Å². The maximum absolute atomic E-state index is 13.0. The highest BCUT2D eigenvalue weighted by molar-refractivity contribution is 5.98. The van der Waals surface area contributed by atoms with Crippen molar-refractivity contribution in [2.45, 2.75) is 51.0 Å². The fourth-order valence-corrected chi connectivity index (χ4v) is 4.35. The molecule has 2 aromatic carbocycles. The Morgan fingerprint density at radius 1 is 1.00 bits per heavy atom. The summed E-state index contributed by atoms with van der Waals surface area (Å²) in [5, 5.41) is 5.66. The third kappa shape index (κ3) is 8.31. The van der Waals surface area contributed by atoms with E-state index in [4.69, 9.17) is 15.2 Å². The van der Waals surface area contributed by atoms with Crippen molar-refractivity contribution < 1.29 is 19.1 Å². The van der Waals surface area contributed by atoms with Crippen LogP contribution < -0.4 is 25.8 Å². The zero-order valence-corrected chi connectivity index (χ0v) is 20.6. The summed E-state index contributed by atoms with van der Waals surface area (Å²) in [5.41, 5.74) is 7.76. The average molecular weight is 481 g/mol. The van der Waals surface area contributed by atoms with E-state index in [1.807, 2.05) is 30.3 Å². The van der Waals surface area contributed by atoms with Gasteiger partial charge in [-0.05, 0) is 42.0 Å². The predicted molar refractivity (Wildman–Crippen MR) is 137 cm³/mol. The number of amides is 2. The first-order valence-corrected chi connectivity index (χ1v) is 12.1. The van der Waals surface area contributed by atoms with Crippen LogP contribution in [0.15, 0.2) is 53.5 Å². The molecule has 0 aromatic heterocycles. The number of methoxy groups -OCH3 is 2. The summed E-state index contributed by atoms with van der Waals surface area (Å²) in [6, 6.07) is 14.2. The van der Waals surface area contributed by atoms with Crippen molar-refractivity contribution in [1.82, 2.24) is 10.6 Å². The van der Waals surface area contributed by atoms with Crippen LogP contribution in [0, 0.1) is 5.92 Å². The summed E-state index contributed by atoms with van der Waals surface area (Å²) in [5.74, 6) is 1.03. The lowest BCUT2D eigenvalue weighted by Crippen LogP contribution is -2.43. The van der Waals surface area contributed by atoms with E-state index in [9.17, 15) is 9.59 Å². The number of nitrogens with one attached hydrogen (secondary N) is 2. The summed E-state index contributed by atoms with van der Waals surface area (Å²) >= 11 is 0. The summed E-state index contributed by atoms with van der Waals surface area (Å²) in [6.07, 6.45) is 6.45. The van der Waals surface area contributed by atoms with Gasteiger partial charge in [0.2, 0.25) is 11.8 Å². The molecule has 4 N–H and O–H groups in total. The Kier molecular flexibility index (Phi) is 9.95. The number of benzene rings is 2. The number of guanidine groups is 1. The maximum Gasteiger partial charge on any atom is 0.245 e. The van der Waals surface area contributed by atoms with Gasteiger partial charge < -0.3 is 20.5 Å². The standard InChI is InChI=1S/C27H36N4O4/c1-34-23-14-13-21(16-24(23)35-2)17-25(32)31-27(28)30-22(15-19-9-5-3-6-10-19)26(33)29-18-20-11-7-4-8-12-20/h3,5-6,9-10,13-14,16,20,22H,4,7-8,11-12,15,17-18H2,1-2H3,(H,29,33)(H3,28,30,31,32). The van der Waals surface area contributed by atoms with Crippen LogP contribution in [0.1, 0.15) is 43.2 Å². The van der Waals surface area contributed by atoms with E-state index in [0.29, 0.717) is 30.4 Å². The molecule has 2 aromatic rings. The lowest BCUT2D eigenvalue weighted by atomic mass is 9.89. The second-order valence-electron chi connectivity index (χ2n) is 8.88. The van der Waals surface area contributed by atoms with Gasteiger partial charge in [-0.15, -0.1) is 0 Å². The van der Waals surface area contributed by atoms with Crippen molar-refractivity contribution in [3.05, 3.63) is 59.7 Å². The van der Waals surface area contributed by atoms with Gasteiger partial charge in [0.15, 0.2) is 17.5 Å². The monoisotopic (exact) mass is 480 g/mol. The van der Waals surface area contributed by atoms with Crippen LogP contribution in [0.3, 0.4) is 0 Å². The van der Waals surface area contributed by atoms with Crippen molar-refractivity contribution in [2.75, 3.05) is 20.8 Å². The first-order valence-electron chi connectivity index (χ1n) is 12.1. The quantitative estimate of drug-likeness (QED) is 0.357. The number of hydrogen-bond donors (Lipinski definition) is 3. The van der Waals surface area contributed by atoms with Gasteiger partial charge >= 0.3 is 0 Å². The fraction of sp³-hybridized carbons (Fsp3) is 0.444. The van der Waals surface area contributed by atoms with E-state index < -0.39 is 6.04 Å². The molecule has 0 aliphatic heterocycles. The Labute approximate surface area is 207 Å². The number of carbonyl (C=O) groups excluding carboxylic acids is 2. The Hall–Kier alpha value is -3.55. The molecule has 1 fully saturated rings. The molecule has 0 heterocycles. The van der Waals surface area contributed by atoms with E-state index >= 15 is 0 Å². The molecule has 0 radical (unpaired) electrons. The molecule has 1 aliphatic carbocycles. The number of nitrogens with two attached hydrogens (primary N) is 1. The zero-order chi connectivity index (χ0) is 25.0. The molecule has 1 saturated carbocycles. The molecule has 1 atom stereocenters. The lowest BCUT2D eigenvalue weighted by Gasteiger charge is -2.23. The molecule has 8 nitrogen and oxygen atoms in total. The first-order chi connectivity index (χ1) is 17.0. The van der Waals surface area contributed by atoms with Crippen LogP contribution in [0.2, 0.25) is 0 Å². The molecule has 0 saturated heterocycles. The van der Waals surface area contributed by atoms with Crippen LogP contribution >= 0.6 is 0 Å². The molecule has 8 heteroatoms. The molecular formula is C27H36N4O4. The largest absolute Gasteiger partial charge is 0.493 e. The molecule has 35 heavy (non-hydrogen) atoms. The van der Waals surface area contributed by atoms with Crippen LogP contribution in [0.25, 0.3) is 0 Å². The van der Waals surface area contributed by atoms with Gasteiger partial charge in [-0.2, -0.15) is 0 Å². The summed E-state index contributed by atoms with van der Waals surface area (Å²) < 4.78 is 10.5. The molecular weight excluding hydrogens is 444 g/mol. The minimum Gasteiger partial charge on any atom is -0.493 e. The molecule has 188 valence electrons. The van der Waals surface area contributed by atoms with Gasteiger partial charge in [0.1, 0.15) is 6.04 Å². The highest BCUT2D eigenvalue weighted by Gasteiger charge is 2.21. The van der Waals surface area contributed by atoms with E-state index in [1.54, 1.807) is 32.4 Å². The maximum atomic E-state index is 13.0. The molecule has 0 spiro atoms. The SMILES string of the molecule is COc1ccc(CC(=O)NC(N)=NC(Cc2ccccc2)C(=O)NCC2CCCCC2)cc1OC. The summed E-state index contributed by atoms with van der Waals surface area (Å²) in [6.45, 7) is 0.644. The van der Waals surface area contributed by atoms with Crippen LogP contribution in [-0.2, 0) is 22.4 Å². The summed E-state index contributed by atoms with van der Waals surface area (Å²) in [4.78, 5) is 30.0. The smallest absolute Gasteiger partial charge is 0.245 e.